The fourth-order valence-electron chi connectivity index (χ4n) is 1.67. The summed E-state index contributed by atoms with van der Waals surface area (Å²) in [6.45, 7) is 7.06. The summed E-state index contributed by atoms with van der Waals surface area (Å²) in [6, 6.07) is 0. The van der Waals surface area contributed by atoms with E-state index in [-0.39, 0.29) is 11.4 Å². The van der Waals surface area contributed by atoms with Gasteiger partial charge in [0.2, 0.25) is 0 Å². The number of aromatic nitrogens is 1. The summed E-state index contributed by atoms with van der Waals surface area (Å²) in [5, 5.41) is 2.82. The normalized spacial score (nSPS) is 18.6. The van der Waals surface area contributed by atoms with Crippen LogP contribution in [0.4, 0.5) is 0 Å². The van der Waals surface area contributed by atoms with E-state index in [1.807, 2.05) is 5.38 Å². The summed E-state index contributed by atoms with van der Waals surface area (Å²) in [5.41, 5.74) is 0.340. The van der Waals surface area contributed by atoms with E-state index in [0.29, 0.717) is 13.2 Å². The van der Waals surface area contributed by atoms with Crippen molar-refractivity contribution >= 4 is 17.3 Å². The molecule has 1 saturated heterocycles. The largest absolute Gasteiger partial charge is 0.468 e. The molecule has 2 heterocycles. The Kier molecular flexibility index (Phi) is 2.99. The number of hydrogen-bond acceptors (Lipinski definition) is 5. The lowest BCUT2D eigenvalue weighted by molar-refractivity contribution is -0.166. The molecule has 0 radical (unpaired) electrons. The van der Waals surface area contributed by atoms with E-state index in [1.54, 1.807) is 0 Å². The van der Waals surface area contributed by atoms with E-state index >= 15 is 0 Å². The molecule has 2 rings (SSSR count). The van der Waals surface area contributed by atoms with Crippen LogP contribution in [0.25, 0.3) is 0 Å². The lowest BCUT2D eigenvalue weighted by Gasteiger charge is -2.36. The maximum atomic E-state index is 11.8. The second kappa shape index (κ2) is 4.07. The Hall–Kier alpha value is -0.940. The molecule has 0 N–H and O–H groups in total. The third-order valence-electron chi connectivity index (χ3n) is 2.96. The van der Waals surface area contributed by atoms with Crippen LogP contribution in [0.15, 0.2) is 5.38 Å². The van der Waals surface area contributed by atoms with Crippen LogP contribution in [0.2, 0.25) is 0 Å². The predicted octanol–water partition coefficient (Wildman–Crippen LogP) is 1.88. The van der Waals surface area contributed by atoms with Crippen LogP contribution in [0, 0.1) is 0 Å². The highest BCUT2D eigenvalue weighted by atomic mass is 32.1. The van der Waals surface area contributed by atoms with Gasteiger partial charge in [0.25, 0.3) is 0 Å². The van der Waals surface area contributed by atoms with Crippen LogP contribution < -0.4 is 0 Å². The lowest BCUT2D eigenvalue weighted by Crippen LogP contribution is -2.53. The molecule has 1 aromatic heterocycles. The molecule has 5 heteroatoms. The van der Waals surface area contributed by atoms with E-state index < -0.39 is 5.41 Å². The fourth-order valence-corrected chi connectivity index (χ4v) is 2.88. The van der Waals surface area contributed by atoms with E-state index in [2.05, 4.69) is 25.8 Å². The first-order chi connectivity index (χ1) is 7.90. The van der Waals surface area contributed by atoms with E-state index in [9.17, 15) is 4.79 Å². The van der Waals surface area contributed by atoms with E-state index in [4.69, 9.17) is 9.47 Å². The van der Waals surface area contributed by atoms with Crippen molar-refractivity contribution in [2.24, 2.45) is 0 Å². The molecule has 1 fully saturated rings. The first kappa shape index (κ1) is 12.5. The Bertz CT molecular complexity index is 429. The van der Waals surface area contributed by atoms with Crippen molar-refractivity contribution in [3.63, 3.8) is 0 Å². The quantitative estimate of drug-likeness (QED) is 0.757. The topological polar surface area (TPSA) is 48.4 Å². The summed E-state index contributed by atoms with van der Waals surface area (Å²) in [5.74, 6) is -0.251. The van der Waals surface area contributed by atoms with Crippen LogP contribution in [0.1, 0.15) is 31.5 Å². The average molecular weight is 255 g/mol. The summed E-state index contributed by atoms with van der Waals surface area (Å²) < 4.78 is 10.0. The van der Waals surface area contributed by atoms with Crippen molar-refractivity contribution < 1.29 is 14.3 Å². The Morgan fingerprint density at radius 1 is 1.53 bits per heavy atom. The Balaban J connectivity index is 2.33. The summed E-state index contributed by atoms with van der Waals surface area (Å²) in [7, 11) is 1.40. The smallest absolute Gasteiger partial charge is 0.323 e. The predicted molar refractivity (Wildman–Crippen MR) is 65.3 cm³/mol. The molecule has 0 unspecified atom stereocenters. The van der Waals surface area contributed by atoms with Gasteiger partial charge in [-0.25, -0.2) is 4.98 Å². The molecule has 4 nitrogen and oxygen atoms in total. The summed E-state index contributed by atoms with van der Waals surface area (Å²) in [4.78, 5) is 16.4. The number of hydrogen-bond donors (Lipinski definition) is 0. The van der Waals surface area contributed by atoms with Crippen molar-refractivity contribution in [1.29, 1.82) is 0 Å². The number of rotatable bonds is 2. The summed E-state index contributed by atoms with van der Waals surface area (Å²) >= 11 is 1.51. The number of nitrogens with zero attached hydrogens (tertiary/aromatic N) is 1. The third kappa shape index (κ3) is 1.98. The Morgan fingerprint density at radius 2 is 2.18 bits per heavy atom. The van der Waals surface area contributed by atoms with E-state index in [0.717, 1.165) is 10.7 Å². The number of methoxy groups -OCH3 is 1. The fraction of sp³-hybridized carbons (Fsp3) is 0.667. The van der Waals surface area contributed by atoms with Gasteiger partial charge in [0.15, 0.2) is 5.41 Å². The molecular formula is C12H17NO3S. The standard InChI is InChI=1S/C12H17NO3S/c1-11(2,3)8-5-17-9(13-8)12(6-16-7-12)10(14)15-4/h5H,6-7H2,1-4H3. The van der Waals surface area contributed by atoms with Gasteiger partial charge in [0, 0.05) is 10.8 Å². The first-order valence-electron chi connectivity index (χ1n) is 5.53. The molecular weight excluding hydrogens is 238 g/mol. The first-order valence-corrected chi connectivity index (χ1v) is 6.41. The molecule has 0 saturated carbocycles. The number of carbonyl (C=O) groups is 1. The molecule has 0 aromatic carbocycles. The van der Waals surface area contributed by atoms with Crippen LogP contribution in [-0.2, 0) is 25.1 Å². The molecule has 0 amide bonds. The maximum absolute atomic E-state index is 11.8. The summed E-state index contributed by atoms with van der Waals surface area (Å²) in [6.07, 6.45) is 0. The average Bonchev–Trinajstić information content (AvgIpc) is 2.64. The molecule has 94 valence electrons. The van der Waals surface area contributed by atoms with Crippen molar-refractivity contribution in [3.8, 4) is 0 Å². The van der Waals surface area contributed by atoms with Gasteiger partial charge in [-0.05, 0) is 0 Å². The zero-order valence-corrected chi connectivity index (χ0v) is 11.4. The van der Waals surface area contributed by atoms with Gasteiger partial charge in [0.05, 0.1) is 26.0 Å². The minimum absolute atomic E-state index is 0.00331. The van der Waals surface area contributed by atoms with Crippen molar-refractivity contribution in [2.75, 3.05) is 20.3 Å². The molecule has 0 atom stereocenters. The maximum Gasteiger partial charge on any atom is 0.323 e. The molecule has 17 heavy (non-hydrogen) atoms. The van der Waals surface area contributed by atoms with Gasteiger partial charge >= 0.3 is 5.97 Å². The van der Waals surface area contributed by atoms with Gasteiger partial charge in [0.1, 0.15) is 5.01 Å². The van der Waals surface area contributed by atoms with Gasteiger partial charge in [-0.3, -0.25) is 4.79 Å². The molecule has 0 aliphatic carbocycles. The van der Waals surface area contributed by atoms with Crippen molar-refractivity contribution in [3.05, 3.63) is 16.1 Å². The van der Waals surface area contributed by atoms with Gasteiger partial charge in [-0.1, -0.05) is 20.8 Å². The molecule has 0 bridgehead atoms. The second-order valence-corrected chi connectivity index (χ2v) is 6.21. The monoisotopic (exact) mass is 255 g/mol. The number of esters is 1. The SMILES string of the molecule is COC(=O)C1(c2nc(C(C)(C)C)cs2)COC1. The molecule has 1 aromatic rings. The lowest BCUT2D eigenvalue weighted by atomic mass is 9.86. The van der Waals surface area contributed by atoms with Gasteiger partial charge in [-0.2, -0.15) is 0 Å². The highest BCUT2D eigenvalue weighted by Crippen LogP contribution is 2.37. The minimum atomic E-state index is -0.664. The van der Waals surface area contributed by atoms with Gasteiger partial charge < -0.3 is 9.47 Å². The highest BCUT2D eigenvalue weighted by Gasteiger charge is 2.51. The number of carbonyl (C=O) groups excluding carboxylic acids is 1. The van der Waals surface area contributed by atoms with Crippen LogP contribution in [-0.4, -0.2) is 31.3 Å². The minimum Gasteiger partial charge on any atom is -0.468 e. The molecule has 1 aliphatic rings. The molecule has 0 spiro atoms. The molecule has 1 aliphatic heterocycles. The van der Waals surface area contributed by atoms with Gasteiger partial charge in [-0.15, -0.1) is 11.3 Å². The van der Waals surface area contributed by atoms with E-state index in [1.165, 1.54) is 18.4 Å². The highest BCUT2D eigenvalue weighted by molar-refractivity contribution is 7.10. The zero-order valence-electron chi connectivity index (χ0n) is 10.6. The van der Waals surface area contributed by atoms with Crippen molar-refractivity contribution in [1.82, 2.24) is 4.98 Å². The third-order valence-corrected chi connectivity index (χ3v) is 4.00. The van der Waals surface area contributed by atoms with Crippen LogP contribution in [0.3, 0.4) is 0 Å². The van der Waals surface area contributed by atoms with Crippen molar-refractivity contribution in [2.45, 2.75) is 31.6 Å². The Morgan fingerprint density at radius 3 is 2.53 bits per heavy atom. The zero-order chi connectivity index (χ0) is 12.7. The van der Waals surface area contributed by atoms with Crippen LogP contribution >= 0.6 is 11.3 Å². The second-order valence-electron chi connectivity index (χ2n) is 5.35. The van der Waals surface area contributed by atoms with Crippen LogP contribution in [0.5, 0.6) is 0 Å². The Labute approximate surface area is 105 Å². The number of ether oxygens (including phenoxy) is 2. The number of thiazole rings is 1.